The summed E-state index contributed by atoms with van der Waals surface area (Å²) in [6.45, 7) is 0.945. The number of nitrogens with zero attached hydrogens (tertiary/aromatic N) is 1. The standard InChI is InChI=1S/C13H19N3O/c1-14-12(17)13(7-9-16-13)6-2-4-11-5-3-8-15-10-11/h3,5,8,10,16H,2,4,6-7,9H2,1H3,(H,14,17). The van der Waals surface area contributed by atoms with Gasteiger partial charge in [0, 0.05) is 19.4 Å². The van der Waals surface area contributed by atoms with Crippen LogP contribution in [-0.2, 0) is 11.2 Å². The second kappa shape index (κ2) is 5.27. The van der Waals surface area contributed by atoms with Crippen LogP contribution >= 0.6 is 0 Å². The van der Waals surface area contributed by atoms with Gasteiger partial charge in [-0.1, -0.05) is 6.07 Å². The number of amides is 1. The molecular formula is C13H19N3O. The van der Waals surface area contributed by atoms with Gasteiger partial charge in [-0.25, -0.2) is 0 Å². The summed E-state index contributed by atoms with van der Waals surface area (Å²) in [5, 5.41) is 6.01. The van der Waals surface area contributed by atoms with Gasteiger partial charge in [0.25, 0.3) is 0 Å². The molecular weight excluding hydrogens is 214 g/mol. The number of nitrogens with one attached hydrogen (secondary N) is 2. The molecule has 1 unspecified atom stereocenters. The van der Waals surface area contributed by atoms with E-state index in [4.69, 9.17) is 0 Å². The van der Waals surface area contributed by atoms with Crippen molar-refractivity contribution in [3.8, 4) is 0 Å². The molecule has 1 aliphatic heterocycles. The van der Waals surface area contributed by atoms with Crippen LogP contribution in [0.15, 0.2) is 24.5 Å². The highest BCUT2D eigenvalue weighted by Crippen LogP contribution is 2.25. The molecule has 2 rings (SSSR count). The molecule has 0 spiro atoms. The first-order valence-electron chi connectivity index (χ1n) is 6.13. The van der Waals surface area contributed by atoms with E-state index in [0.717, 1.165) is 32.2 Å². The topological polar surface area (TPSA) is 54.0 Å². The van der Waals surface area contributed by atoms with Crippen molar-refractivity contribution in [3.05, 3.63) is 30.1 Å². The zero-order chi connectivity index (χ0) is 12.1. The normalized spacial score (nSPS) is 22.9. The van der Waals surface area contributed by atoms with Crippen molar-refractivity contribution in [3.63, 3.8) is 0 Å². The van der Waals surface area contributed by atoms with Crippen LogP contribution in [0.4, 0.5) is 0 Å². The molecule has 1 aromatic heterocycles. The van der Waals surface area contributed by atoms with E-state index in [-0.39, 0.29) is 11.4 Å². The Bertz CT molecular complexity index is 374. The van der Waals surface area contributed by atoms with E-state index in [0.29, 0.717) is 0 Å². The number of likely N-dealkylation sites (N-methyl/N-ethyl adjacent to an activating group) is 1. The largest absolute Gasteiger partial charge is 0.358 e. The number of hydrogen-bond donors (Lipinski definition) is 2. The molecule has 4 nitrogen and oxygen atoms in total. The molecule has 1 atom stereocenters. The Morgan fingerprint density at radius 1 is 1.65 bits per heavy atom. The Balaban J connectivity index is 1.83. The van der Waals surface area contributed by atoms with Crippen LogP contribution in [0, 0.1) is 0 Å². The number of aryl methyl sites for hydroxylation is 1. The molecule has 2 N–H and O–H groups in total. The average molecular weight is 233 g/mol. The number of hydrogen-bond acceptors (Lipinski definition) is 3. The summed E-state index contributed by atoms with van der Waals surface area (Å²) in [6.07, 6.45) is 7.49. The van der Waals surface area contributed by atoms with Crippen molar-refractivity contribution < 1.29 is 4.79 Å². The maximum Gasteiger partial charge on any atom is 0.240 e. The third kappa shape index (κ3) is 2.64. The molecule has 1 fully saturated rings. The molecule has 0 aromatic carbocycles. The molecule has 0 aliphatic carbocycles. The summed E-state index contributed by atoms with van der Waals surface area (Å²) in [4.78, 5) is 15.9. The van der Waals surface area contributed by atoms with E-state index in [1.54, 1.807) is 13.2 Å². The van der Waals surface area contributed by atoms with Gasteiger partial charge >= 0.3 is 0 Å². The van der Waals surface area contributed by atoms with Crippen molar-refractivity contribution >= 4 is 5.91 Å². The van der Waals surface area contributed by atoms with Gasteiger partial charge in [0.1, 0.15) is 0 Å². The van der Waals surface area contributed by atoms with Gasteiger partial charge < -0.3 is 10.6 Å². The molecule has 1 amide bonds. The van der Waals surface area contributed by atoms with E-state index >= 15 is 0 Å². The first-order valence-corrected chi connectivity index (χ1v) is 6.13. The van der Waals surface area contributed by atoms with E-state index in [1.165, 1.54) is 5.56 Å². The van der Waals surface area contributed by atoms with Gasteiger partial charge in [-0.15, -0.1) is 0 Å². The van der Waals surface area contributed by atoms with Crippen molar-refractivity contribution in [2.45, 2.75) is 31.2 Å². The monoisotopic (exact) mass is 233 g/mol. The van der Waals surface area contributed by atoms with Crippen LogP contribution in [0.2, 0.25) is 0 Å². The molecule has 0 bridgehead atoms. The lowest BCUT2D eigenvalue weighted by atomic mass is 9.81. The zero-order valence-corrected chi connectivity index (χ0v) is 10.2. The number of carbonyl (C=O) groups is 1. The van der Waals surface area contributed by atoms with Gasteiger partial charge in [-0.2, -0.15) is 0 Å². The lowest BCUT2D eigenvalue weighted by Gasteiger charge is -2.41. The Kier molecular flexibility index (Phi) is 3.74. The number of carbonyl (C=O) groups excluding carboxylic acids is 1. The van der Waals surface area contributed by atoms with Gasteiger partial charge in [0.15, 0.2) is 0 Å². The Labute approximate surface area is 102 Å². The summed E-state index contributed by atoms with van der Waals surface area (Å²) >= 11 is 0. The minimum absolute atomic E-state index is 0.120. The van der Waals surface area contributed by atoms with Crippen molar-refractivity contribution in [1.29, 1.82) is 0 Å². The molecule has 2 heterocycles. The number of rotatable bonds is 5. The first-order chi connectivity index (χ1) is 8.27. The molecule has 0 radical (unpaired) electrons. The maximum atomic E-state index is 11.8. The Morgan fingerprint density at radius 3 is 3.00 bits per heavy atom. The summed E-state index contributed by atoms with van der Waals surface area (Å²) in [7, 11) is 1.70. The third-order valence-electron chi connectivity index (χ3n) is 3.47. The van der Waals surface area contributed by atoms with Crippen LogP contribution in [0.5, 0.6) is 0 Å². The van der Waals surface area contributed by atoms with E-state index in [1.807, 2.05) is 12.3 Å². The van der Waals surface area contributed by atoms with Crippen molar-refractivity contribution in [2.75, 3.05) is 13.6 Å². The number of aromatic nitrogens is 1. The second-order valence-corrected chi connectivity index (χ2v) is 4.55. The SMILES string of the molecule is CNC(=O)C1(CCCc2cccnc2)CCN1. The quantitative estimate of drug-likeness (QED) is 0.794. The smallest absolute Gasteiger partial charge is 0.240 e. The maximum absolute atomic E-state index is 11.8. The van der Waals surface area contributed by atoms with Gasteiger partial charge in [-0.3, -0.25) is 9.78 Å². The predicted octanol–water partition coefficient (Wildman–Crippen LogP) is 0.882. The molecule has 92 valence electrons. The third-order valence-corrected chi connectivity index (χ3v) is 3.47. The molecule has 1 aromatic rings. The Morgan fingerprint density at radius 2 is 2.47 bits per heavy atom. The fourth-order valence-electron chi connectivity index (χ4n) is 2.33. The lowest BCUT2D eigenvalue weighted by molar-refractivity contribution is -0.130. The van der Waals surface area contributed by atoms with Crippen LogP contribution < -0.4 is 10.6 Å². The summed E-state index contributed by atoms with van der Waals surface area (Å²) < 4.78 is 0. The molecule has 4 heteroatoms. The summed E-state index contributed by atoms with van der Waals surface area (Å²) in [5.74, 6) is 0.120. The van der Waals surface area contributed by atoms with E-state index in [9.17, 15) is 4.79 Å². The van der Waals surface area contributed by atoms with Crippen LogP contribution in [0.3, 0.4) is 0 Å². The van der Waals surface area contributed by atoms with E-state index in [2.05, 4.69) is 21.7 Å². The summed E-state index contributed by atoms with van der Waals surface area (Å²) in [5.41, 5.74) is 0.927. The van der Waals surface area contributed by atoms with Gasteiger partial charge in [0.2, 0.25) is 5.91 Å². The van der Waals surface area contributed by atoms with Gasteiger partial charge in [0.05, 0.1) is 5.54 Å². The lowest BCUT2D eigenvalue weighted by Crippen LogP contribution is -2.65. The second-order valence-electron chi connectivity index (χ2n) is 4.55. The Hall–Kier alpha value is -1.42. The molecule has 1 saturated heterocycles. The molecule has 0 saturated carbocycles. The first kappa shape index (κ1) is 12.0. The molecule has 17 heavy (non-hydrogen) atoms. The van der Waals surface area contributed by atoms with Crippen LogP contribution in [0.25, 0.3) is 0 Å². The number of pyridine rings is 1. The highest BCUT2D eigenvalue weighted by molar-refractivity contribution is 5.87. The average Bonchev–Trinajstić information content (AvgIpc) is 2.33. The highest BCUT2D eigenvalue weighted by atomic mass is 16.2. The van der Waals surface area contributed by atoms with Crippen LogP contribution in [0.1, 0.15) is 24.8 Å². The van der Waals surface area contributed by atoms with E-state index < -0.39 is 0 Å². The minimum atomic E-state index is -0.309. The fourth-order valence-corrected chi connectivity index (χ4v) is 2.33. The summed E-state index contributed by atoms with van der Waals surface area (Å²) in [6, 6.07) is 4.03. The van der Waals surface area contributed by atoms with Crippen molar-refractivity contribution in [1.82, 2.24) is 15.6 Å². The van der Waals surface area contributed by atoms with Crippen LogP contribution in [-0.4, -0.2) is 30.0 Å². The van der Waals surface area contributed by atoms with Gasteiger partial charge in [-0.05, 0) is 43.9 Å². The zero-order valence-electron chi connectivity index (χ0n) is 10.2. The molecule has 1 aliphatic rings. The fraction of sp³-hybridized carbons (Fsp3) is 0.538. The van der Waals surface area contributed by atoms with Crippen molar-refractivity contribution in [2.24, 2.45) is 0 Å². The minimum Gasteiger partial charge on any atom is -0.358 e. The highest BCUT2D eigenvalue weighted by Gasteiger charge is 2.42. The predicted molar refractivity (Wildman–Crippen MR) is 66.6 cm³/mol.